The highest BCUT2D eigenvalue weighted by Crippen LogP contribution is 2.36. The third kappa shape index (κ3) is 2.94. The monoisotopic (exact) mass is 241 g/mol. The van der Waals surface area contributed by atoms with Gasteiger partial charge in [0.2, 0.25) is 0 Å². The molecule has 0 aliphatic heterocycles. The van der Waals surface area contributed by atoms with Crippen molar-refractivity contribution >= 4 is 0 Å². The van der Waals surface area contributed by atoms with Crippen LogP contribution in [0.3, 0.4) is 0 Å². The van der Waals surface area contributed by atoms with Gasteiger partial charge in [-0.05, 0) is 43.9 Å². The summed E-state index contributed by atoms with van der Waals surface area (Å²) in [6, 6.07) is 9.41. The summed E-state index contributed by atoms with van der Waals surface area (Å²) in [4.78, 5) is 0. The van der Waals surface area contributed by atoms with Gasteiger partial charge in [0.05, 0.1) is 0 Å². The number of rotatable bonds is 5. The summed E-state index contributed by atoms with van der Waals surface area (Å²) in [5.41, 5.74) is 3.08. The molecule has 0 fully saturated rings. The molecule has 2 unspecified atom stereocenters. The number of aryl methyl sites for hydroxylation is 1. The molecule has 1 aliphatic rings. The summed E-state index contributed by atoms with van der Waals surface area (Å²) < 4.78 is 0. The maximum atomic E-state index is 3.68. The minimum absolute atomic E-state index is 0.515. The molecule has 96 valence electrons. The fourth-order valence-corrected chi connectivity index (χ4v) is 2.91. The van der Waals surface area contributed by atoms with Crippen LogP contribution in [-0.4, -0.2) is 12.6 Å². The van der Waals surface area contributed by atoms with Gasteiger partial charge in [0.25, 0.3) is 0 Å². The van der Waals surface area contributed by atoms with Crippen molar-refractivity contribution in [2.75, 3.05) is 6.54 Å². The summed E-state index contributed by atoms with van der Waals surface area (Å²) >= 11 is 0. The molecular formula is C17H23N. The van der Waals surface area contributed by atoms with E-state index in [0.717, 1.165) is 13.0 Å². The third-order valence-corrected chi connectivity index (χ3v) is 3.82. The molecule has 1 aromatic rings. The molecule has 2 atom stereocenters. The molecule has 1 nitrogen and oxygen atoms in total. The van der Waals surface area contributed by atoms with Crippen LogP contribution in [0.5, 0.6) is 0 Å². The third-order valence-electron chi connectivity index (χ3n) is 3.82. The van der Waals surface area contributed by atoms with Gasteiger partial charge >= 0.3 is 0 Å². The van der Waals surface area contributed by atoms with Crippen molar-refractivity contribution in [3.05, 3.63) is 35.4 Å². The highest BCUT2D eigenvalue weighted by Gasteiger charge is 2.28. The first kappa shape index (κ1) is 13.2. The average Bonchev–Trinajstić information content (AvgIpc) is 2.83. The molecule has 0 saturated carbocycles. The van der Waals surface area contributed by atoms with Crippen LogP contribution in [0.25, 0.3) is 0 Å². The zero-order valence-corrected chi connectivity index (χ0v) is 11.5. The molecule has 2 rings (SSSR count). The lowest BCUT2D eigenvalue weighted by atomic mass is 9.91. The van der Waals surface area contributed by atoms with Crippen molar-refractivity contribution in [2.45, 2.75) is 51.5 Å². The van der Waals surface area contributed by atoms with Crippen molar-refractivity contribution in [2.24, 2.45) is 0 Å². The van der Waals surface area contributed by atoms with Crippen molar-refractivity contribution in [3.8, 4) is 11.8 Å². The van der Waals surface area contributed by atoms with Crippen LogP contribution >= 0.6 is 0 Å². The molecule has 0 saturated heterocycles. The van der Waals surface area contributed by atoms with Crippen LogP contribution in [0.4, 0.5) is 0 Å². The van der Waals surface area contributed by atoms with E-state index in [4.69, 9.17) is 0 Å². The smallest absolute Gasteiger partial charge is 0.0249 e. The van der Waals surface area contributed by atoms with Crippen molar-refractivity contribution in [1.29, 1.82) is 0 Å². The number of hydrogen-bond donors (Lipinski definition) is 1. The van der Waals surface area contributed by atoms with E-state index in [0.29, 0.717) is 12.0 Å². The predicted octanol–water partition coefficient (Wildman–Crippen LogP) is 3.50. The van der Waals surface area contributed by atoms with Crippen LogP contribution in [0, 0.1) is 11.8 Å². The van der Waals surface area contributed by atoms with Gasteiger partial charge in [0.1, 0.15) is 0 Å². The number of hydrogen-bond acceptors (Lipinski definition) is 1. The van der Waals surface area contributed by atoms with Crippen LogP contribution in [0.2, 0.25) is 0 Å². The van der Waals surface area contributed by atoms with Gasteiger partial charge in [0.15, 0.2) is 0 Å². The molecule has 1 aliphatic carbocycles. The highest BCUT2D eigenvalue weighted by atomic mass is 14.9. The SMILES string of the molecule is CC#CCC(NCCC)C1CCc2ccccc21. The predicted molar refractivity (Wildman–Crippen MR) is 77.7 cm³/mol. The van der Waals surface area contributed by atoms with Gasteiger partial charge in [-0.2, -0.15) is 0 Å². The Bertz CT molecular complexity index is 438. The van der Waals surface area contributed by atoms with E-state index >= 15 is 0 Å². The fraction of sp³-hybridized carbons (Fsp3) is 0.529. The van der Waals surface area contributed by atoms with Crippen molar-refractivity contribution < 1.29 is 0 Å². The minimum atomic E-state index is 0.515. The molecule has 0 radical (unpaired) electrons. The maximum Gasteiger partial charge on any atom is 0.0249 e. The Hall–Kier alpha value is -1.26. The molecule has 0 bridgehead atoms. The van der Waals surface area contributed by atoms with E-state index in [-0.39, 0.29) is 0 Å². The molecule has 0 spiro atoms. The number of fused-ring (bicyclic) bond motifs is 1. The largest absolute Gasteiger partial charge is 0.312 e. The highest BCUT2D eigenvalue weighted by molar-refractivity contribution is 5.36. The first-order valence-electron chi connectivity index (χ1n) is 7.07. The minimum Gasteiger partial charge on any atom is -0.312 e. The fourth-order valence-electron chi connectivity index (χ4n) is 2.91. The zero-order chi connectivity index (χ0) is 12.8. The first-order valence-corrected chi connectivity index (χ1v) is 7.07. The van der Waals surface area contributed by atoms with E-state index in [1.807, 2.05) is 6.92 Å². The van der Waals surface area contributed by atoms with E-state index < -0.39 is 0 Å². The van der Waals surface area contributed by atoms with Gasteiger partial charge in [-0.15, -0.1) is 11.8 Å². The topological polar surface area (TPSA) is 12.0 Å². The van der Waals surface area contributed by atoms with Crippen LogP contribution in [0.15, 0.2) is 24.3 Å². The van der Waals surface area contributed by atoms with E-state index in [2.05, 4.69) is 48.3 Å². The second kappa shape index (κ2) is 6.61. The summed E-state index contributed by atoms with van der Waals surface area (Å²) in [6.07, 6.45) is 4.65. The molecule has 0 heterocycles. The molecule has 1 aromatic carbocycles. The molecular weight excluding hydrogens is 218 g/mol. The van der Waals surface area contributed by atoms with E-state index in [1.165, 1.54) is 24.8 Å². The van der Waals surface area contributed by atoms with E-state index in [1.54, 1.807) is 5.56 Å². The summed E-state index contributed by atoms with van der Waals surface area (Å²) in [5.74, 6) is 6.93. The molecule has 0 amide bonds. The van der Waals surface area contributed by atoms with Gasteiger partial charge < -0.3 is 5.32 Å². The number of benzene rings is 1. The molecule has 1 N–H and O–H groups in total. The second-order valence-corrected chi connectivity index (χ2v) is 5.04. The second-order valence-electron chi connectivity index (χ2n) is 5.04. The lowest BCUT2D eigenvalue weighted by Gasteiger charge is -2.24. The van der Waals surface area contributed by atoms with Crippen LogP contribution < -0.4 is 5.32 Å². The Morgan fingerprint density at radius 1 is 1.39 bits per heavy atom. The Balaban J connectivity index is 2.13. The van der Waals surface area contributed by atoms with Crippen LogP contribution in [-0.2, 0) is 6.42 Å². The maximum absolute atomic E-state index is 3.68. The quantitative estimate of drug-likeness (QED) is 0.778. The van der Waals surface area contributed by atoms with Gasteiger partial charge in [0, 0.05) is 18.4 Å². The van der Waals surface area contributed by atoms with Crippen LogP contribution in [0.1, 0.15) is 50.2 Å². The van der Waals surface area contributed by atoms with Gasteiger partial charge in [-0.3, -0.25) is 0 Å². The Morgan fingerprint density at radius 3 is 3.00 bits per heavy atom. The van der Waals surface area contributed by atoms with E-state index in [9.17, 15) is 0 Å². The average molecular weight is 241 g/mol. The Kier molecular flexibility index (Phi) is 4.84. The lowest BCUT2D eigenvalue weighted by molar-refractivity contribution is 0.435. The Morgan fingerprint density at radius 2 is 2.22 bits per heavy atom. The summed E-state index contributed by atoms with van der Waals surface area (Å²) in [5, 5.41) is 3.68. The molecule has 18 heavy (non-hydrogen) atoms. The first-order chi connectivity index (χ1) is 8.86. The molecule has 0 aromatic heterocycles. The zero-order valence-electron chi connectivity index (χ0n) is 11.5. The normalized spacial score (nSPS) is 18.9. The standard InChI is InChI=1S/C17H23N/c1-3-5-10-17(18-13-4-2)16-12-11-14-8-6-7-9-15(14)16/h6-9,16-18H,4,10-13H2,1-2H3. The lowest BCUT2D eigenvalue weighted by Crippen LogP contribution is -2.34. The number of nitrogens with one attached hydrogen (secondary N) is 1. The Labute approximate surface area is 111 Å². The van der Waals surface area contributed by atoms with Crippen molar-refractivity contribution in [3.63, 3.8) is 0 Å². The van der Waals surface area contributed by atoms with Gasteiger partial charge in [-0.25, -0.2) is 0 Å². The van der Waals surface area contributed by atoms with Crippen molar-refractivity contribution in [1.82, 2.24) is 5.32 Å². The van der Waals surface area contributed by atoms with Gasteiger partial charge in [-0.1, -0.05) is 31.2 Å². The summed E-state index contributed by atoms with van der Waals surface area (Å²) in [7, 11) is 0. The summed E-state index contributed by atoms with van der Waals surface area (Å²) in [6.45, 7) is 5.24. The molecule has 1 heteroatoms.